The van der Waals surface area contributed by atoms with Gasteiger partial charge >= 0.3 is 0 Å². The number of fused-ring (bicyclic) bond motifs is 1. The van der Waals surface area contributed by atoms with E-state index >= 15 is 0 Å². The second-order valence-electron chi connectivity index (χ2n) is 5.35. The fourth-order valence-corrected chi connectivity index (χ4v) is 2.69. The average molecular weight is 278 g/mol. The number of amides is 1. The lowest BCUT2D eigenvalue weighted by molar-refractivity contribution is -0.114. The number of anilines is 1. The second kappa shape index (κ2) is 5.92. The van der Waals surface area contributed by atoms with Crippen LogP contribution in [0, 0.1) is 6.92 Å². The van der Waals surface area contributed by atoms with Crippen molar-refractivity contribution in [1.82, 2.24) is 4.98 Å². The number of nitrogens with zero attached hydrogens (tertiary/aromatic N) is 2. The van der Waals surface area contributed by atoms with Crippen LogP contribution in [0.3, 0.4) is 0 Å². The maximum atomic E-state index is 12.4. The van der Waals surface area contributed by atoms with E-state index in [1.165, 1.54) is 11.1 Å². The third-order valence-corrected chi connectivity index (χ3v) is 3.72. The highest BCUT2D eigenvalue weighted by atomic mass is 16.2. The molecule has 0 bridgehead atoms. The van der Waals surface area contributed by atoms with Crippen molar-refractivity contribution in [3.63, 3.8) is 0 Å². The zero-order chi connectivity index (χ0) is 14.7. The molecule has 0 spiro atoms. The first-order valence-corrected chi connectivity index (χ1v) is 7.23. The van der Waals surface area contributed by atoms with Crippen molar-refractivity contribution in [2.75, 3.05) is 11.4 Å². The Morgan fingerprint density at radius 1 is 1.33 bits per heavy atom. The molecule has 0 unspecified atom stereocenters. The van der Waals surface area contributed by atoms with Crippen LogP contribution in [0.5, 0.6) is 0 Å². The topological polar surface area (TPSA) is 33.2 Å². The van der Waals surface area contributed by atoms with E-state index in [-0.39, 0.29) is 5.91 Å². The minimum atomic E-state index is 0.0312. The monoisotopic (exact) mass is 278 g/mol. The Hall–Kier alpha value is -2.42. The molecule has 3 rings (SSSR count). The largest absolute Gasteiger partial charge is 0.309 e. The molecule has 0 atom stereocenters. The SMILES string of the molecule is Cc1ccc2c(c1)CCCN2C(=O)/C=C/c1cccnc1. The zero-order valence-corrected chi connectivity index (χ0v) is 12.1. The fraction of sp³-hybridized carbons (Fsp3) is 0.222. The van der Waals surface area contributed by atoms with Crippen molar-refractivity contribution in [3.05, 3.63) is 65.5 Å². The molecule has 0 fully saturated rings. The Kier molecular flexibility index (Phi) is 3.82. The summed E-state index contributed by atoms with van der Waals surface area (Å²) in [4.78, 5) is 18.3. The fourth-order valence-electron chi connectivity index (χ4n) is 2.69. The number of aryl methyl sites for hydroxylation is 2. The van der Waals surface area contributed by atoms with E-state index in [9.17, 15) is 4.79 Å². The van der Waals surface area contributed by atoms with Crippen LogP contribution < -0.4 is 4.90 Å². The molecule has 0 saturated heterocycles. The summed E-state index contributed by atoms with van der Waals surface area (Å²) in [7, 11) is 0. The predicted molar refractivity (Wildman–Crippen MR) is 85.1 cm³/mol. The molecule has 2 aromatic rings. The van der Waals surface area contributed by atoms with E-state index in [4.69, 9.17) is 0 Å². The van der Waals surface area contributed by atoms with Crippen molar-refractivity contribution in [2.24, 2.45) is 0 Å². The van der Waals surface area contributed by atoms with E-state index in [1.54, 1.807) is 18.5 Å². The lowest BCUT2D eigenvalue weighted by Gasteiger charge is -2.28. The third kappa shape index (κ3) is 3.02. The Morgan fingerprint density at radius 3 is 3.05 bits per heavy atom. The highest BCUT2D eigenvalue weighted by molar-refractivity contribution is 6.04. The number of aromatic nitrogens is 1. The number of pyridine rings is 1. The van der Waals surface area contributed by atoms with Gasteiger partial charge in [-0.2, -0.15) is 0 Å². The Morgan fingerprint density at radius 2 is 2.24 bits per heavy atom. The molecule has 1 aliphatic heterocycles. The molecule has 0 radical (unpaired) electrons. The lowest BCUT2D eigenvalue weighted by atomic mass is 9.99. The number of carbonyl (C=O) groups excluding carboxylic acids is 1. The van der Waals surface area contributed by atoms with Gasteiger partial charge in [0.1, 0.15) is 0 Å². The highest BCUT2D eigenvalue weighted by Gasteiger charge is 2.20. The zero-order valence-electron chi connectivity index (χ0n) is 12.1. The number of rotatable bonds is 2. The summed E-state index contributed by atoms with van der Waals surface area (Å²) in [6.07, 6.45) is 8.99. The minimum Gasteiger partial charge on any atom is -0.309 e. The normalized spacial score (nSPS) is 14.2. The maximum Gasteiger partial charge on any atom is 0.250 e. The van der Waals surface area contributed by atoms with Crippen molar-refractivity contribution in [1.29, 1.82) is 0 Å². The van der Waals surface area contributed by atoms with Crippen LogP contribution in [-0.2, 0) is 11.2 Å². The van der Waals surface area contributed by atoms with E-state index in [2.05, 4.69) is 30.1 Å². The molecular weight excluding hydrogens is 260 g/mol. The first-order chi connectivity index (χ1) is 10.2. The quantitative estimate of drug-likeness (QED) is 0.789. The summed E-state index contributed by atoms with van der Waals surface area (Å²) < 4.78 is 0. The number of benzene rings is 1. The summed E-state index contributed by atoms with van der Waals surface area (Å²) in [6, 6.07) is 10.1. The van der Waals surface area contributed by atoms with Gasteiger partial charge in [-0.05, 0) is 49.1 Å². The molecule has 3 heteroatoms. The van der Waals surface area contributed by atoms with Crippen LogP contribution >= 0.6 is 0 Å². The van der Waals surface area contributed by atoms with Crippen molar-refractivity contribution < 1.29 is 4.79 Å². The Balaban J connectivity index is 1.82. The molecule has 1 aliphatic rings. The van der Waals surface area contributed by atoms with E-state index in [0.29, 0.717) is 0 Å². The van der Waals surface area contributed by atoms with Crippen LogP contribution in [0.1, 0.15) is 23.1 Å². The van der Waals surface area contributed by atoms with Gasteiger partial charge in [0.05, 0.1) is 0 Å². The van der Waals surface area contributed by atoms with Gasteiger partial charge in [0.25, 0.3) is 5.91 Å². The second-order valence-corrected chi connectivity index (χ2v) is 5.35. The van der Waals surface area contributed by atoms with E-state index in [1.807, 2.05) is 23.1 Å². The number of carbonyl (C=O) groups is 1. The first-order valence-electron chi connectivity index (χ1n) is 7.23. The number of hydrogen-bond acceptors (Lipinski definition) is 2. The minimum absolute atomic E-state index is 0.0312. The van der Waals surface area contributed by atoms with Gasteiger partial charge in [0.2, 0.25) is 0 Å². The van der Waals surface area contributed by atoms with Crippen molar-refractivity contribution in [3.8, 4) is 0 Å². The molecule has 1 amide bonds. The van der Waals surface area contributed by atoms with E-state index < -0.39 is 0 Å². The molecule has 106 valence electrons. The van der Waals surface area contributed by atoms with Gasteiger partial charge in [0.15, 0.2) is 0 Å². The van der Waals surface area contributed by atoms with Crippen LogP contribution in [0.15, 0.2) is 48.8 Å². The van der Waals surface area contributed by atoms with Gasteiger partial charge < -0.3 is 4.90 Å². The molecule has 0 aliphatic carbocycles. The van der Waals surface area contributed by atoms with Crippen LogP contribution in [0.2, 0.25) is 0 Å². The summed E-state index contributed by atoms with van der Waals surface area (Å²) in [6.45, 7) is 2.87. The molecule has 1 aromatic carbocycles. The predicted octanol–water partition coefficient (Wildman–Crippen LogP) is 3.38. The Bertz CT molecular complexity index is 677. The standard InChI is InChI=1S/C18H18N2O/c1-14-6-8-17-16(12-14)5-3-11-20(17)18(21)9-7-15-4-2-10-19-13-15/h2,4,6-10,12-13H,3,5,11H2,1H3/b9-7+. The number of hydrogen-bond donors (Lipinski definition) is 0. The van der Waals surface area contributed by atoms with E-state index in [0.717, 1.165) is 30.6 Å². The van der Waals surface area contributed by atoms with Crippen LogP contribution in [0.25, 0.3) is 6.08 Å². The van der Waals surface area contributed by atoms with Gasteiger partial charge in [-0.25, -0.2) is 0 Å². The molecule has 3 nitrogen and oxygen atoms in total. The van der Waals surface area contributed by atoms with Crippen LogP contribution in [-0.4, -0.2) is 17.4 Å². The summed E-state index contributed by atoms with van der Waals surface area (Å²) >= 11 is 0. The third-order valence-electron chi connectivity index (χ3n) is 3.72. The van der Waals surface area contributed by atoms with Crippen molar-refractivity contribution in [2.45, 2.75) is 19.8 Å². The molecule has 0 N–H and O–H groups in total. The summed E-state index contributed by atoms with van der Waals surface area (Å²) in [5, 5.41) is 0. The smallest absolute Gasteiger partial charge is 0.250 e. The molecule has 1 aromatic heterocycles. The molecule has 2 heterocycles. The van der Waals surface area contributed by atoms with Gasteiger partial charge in [-0.15, -0.1) is 0 Å². The Labute approximate surface area is 124 Å². The molecule has 0 saturated carbocycles. The first kappa shape index (κ1) is 13.6. The van der Waals surface area contributed by atoms with Gasteiger partial charge in [-0.1, -0.05) is 23.8 Å². The van der Waals surface area contributed by atoms with Crippen molar-refractivity contribution >= 4 is 17.7 Å². The lowest BCUT2D eigenvalue weighted by Crippen LogP contribution is -2.34. The average Bonchev–Trinajstić information content (AvgIpc) is 2.52. The van der Waals surface area contributed by atoms with Crippen LogP contribution in [0.4, 0.5) is 5.69 Å². The van der Waals surface area contributed by atoms with Gasteiger partial charge in [0, 0.05) is 30.7 Å². The van der Waals surface area contributed by atoms with Gasteiger partial charge in [-0.3, -0.25) is 9.78 Å². The molecule has 21 heavy (non-hydrogen) atoms. The summed E-state index contributed by atoms with van der Waals surface area (Å²) in [5.41, 5.74) is 4.50. The highest BCUT2D eigenvalue weighted by Crippen LogP contribution is 2.28. The maximum absolute atomic E-state index is 12.4. The summed E-state index contributed by atoms with van der Waals surface area (Å²) in [5.74, 6) is 0.0312. The molecular formula is C18H18N2O.